The largest absolute Gasteiger partial charge is 0.381 e. The predicted molar refractivity (Wildman–Crippen MR) is 60.5 cm³/mol. The molecule has 0 saturated heterocycles. The normalized spacial score (nSPS) is 20.8. The van der Waals surface area contributed by atoms with E-state index in [-0.39, 0.29) is 0 Å². The van der Waals surface area contributed by atoms with Gasteiger partial charge in [0.2, 0.25) is 0 Å². The quantitative estimate of drug-likeness (QED) is 0.513. The highest BCUT2D eigenvalue weighted by Gasteiger charge is 2.32. The van der Waals surface area contributed by atoms with Crippen molar-refractivity contribution in [2.75, 3.05) is 19.0 Å². The molecule has 1 fully saturated rings. The molecule has 0 aromatic carbocycles. The molecule has 0 amide bonds. The number of rotatable bonds is 6. The molecule has 0 aliphatic heterocycles. The molecule has 1 aliphatic carbocycles. The van der Waals surface area contributed by atoms with Crippen LogP contribution in [0.3, 0.4) is 0 Å². The van der Waals surface area contributed by atoms with Gasteiger partial charge in [-0.15, -0.1) is 0 Å². The number of ether oxygens (including phenoxy) is 1. The Kier molecular flexibility index (Phi) is 5.18. The fourth-order valence-electron chi connectivity index (χ4n) is 2.01. The summed E-state index contributed by atoms with van der Waals surface area (Å²) in [7, 11) is 0. The first-order chi connectivity index (χ1) is 6.33. The molecular formula is C11H22OS. The van der Waals surface area contributed by atoms with Gasteiger partial charge in [-0.1, -0.05) is 26.2 Å². The highest BCUT2D eigenvalue weighted by Crippen LogP contribution is 2.39. The van der Waals surface area contributed by atoms with Crippen molar-refractivity contribution in [2.45, 2.75) is 45.4 Å². The minimum atomic E-state index is 0.427. The lowest BCUT2D eigenvalue weighted by molar-refractivity contribution is 0.0574. The summed E-state index contributed by atoms with van der Waals surface area (Å²) in [5, 5.41) is 0. The van der Waals surface area contributed by atoms with Crippen LogP contribution >= 0.6 is 12.6 Å². The van der Waals surface area contributed by atoms with Gasteiger partial charge in [0, 0.05) is 12.0 Å². The van der Waals surface area contributed by atoms with Crippen LogP contribution in [0.1, 0.15) is 45.4 Å². The van der Waals surface area contributed by atoms with E-state index in [4.69, 9.17) is 4.74 Å². The van der Waals surface area contributed by atoms with Crippen molar-refractivity contribution in [3.63, 3.8) is 0 Å². The van der Waals surface area contributed by atoms with Gasteiger partial charge in [0.15, 0.2) is 0 Å². The molecule has 1 rings (SSSR count). The van der Waals surface area contributed by atoms with Crippen molar-refractivity contribution < 1.29 is 4.74 Å². The summed E-state index contributed by atoms with van der Waals surface area (Å²) < 4.78 is 5.70. The van der Waals surface area contributed by atoms with E-state index < -0.39 is 0 Å². The molecule has 13 heavy (non-hydrogen) atoms. The van der Waals surface area contributed by atoms with E-state index in [1.54, 1.807) is 0 Å². The zero-order valence-electron chi connectivity index (χ0n) is 8.72. The summed E-state index contributed by atoms with van der Waals surface area (Å²) in [4.78, 5) is 0. The number of hydrogen-bond acceptors (Lipinski definition) is 2. The van der Waals surface area contributed by atoms with Crippen molar-refractivity contribution in [1.29, 1.82) is 0 Å². The maximum Gasteiger partial charge on any atom is 0.0530 e. The molecule has 0 atom stereocenters. The molecular weight excluding hydrogens is 180 g/mol. The number of unbranched alkanes of at least 4 members (excludes halogenated alkanes) is 1. The van der Waals surface area contributed by atoms with Gasteiger partial charge in [-0.2, -0.15) is 12.6 Å². The Bertz CT molecular complexity index is 130. The molecule has 78 valence electrons. The van der Waals surface area contributed by atoms with E-state index in [9.17, 15) is 0 Å². The predicted octanol–water partition coefficient (Wildman–Crippen LogP) is 3.29. The number of thiol groups is 1. The lowest BCUT2D eigenvalue weighted by Crippen LogP contribution is -2.25. The molecule has 0 heterocycles. The fraction of sp³-hybridized carbons (Fsp3) is 1.00. The summed E-state index contributed by atoms with van der Waals surface area (Å²) in [5.41, 5.74) is 0.427. The maximum atomic E-state index is 5.70. The Balaban J connectivity index is 2.16. The van der Waals surface area contributed by atoms with Crippen molar-refractivity contribution >= 4 is 12.6 Å². The summed E-state index contributed by atoms with van der Waals surface area (Å²) in [5.74, 6) is 0.999. The van der Waals surface area contributed by atoms with Gasteiger partial charge in [0.25, 0.3) is 0 Å². The van der Waals surface area contributed by atoms with Crippen molar-refractivity contribution in [2.24, 2.45) is 5.41 Å². The molecule has 1 nitrogen and oxygen atoms in total. The lowest BCUT2D eigenvalue weighted by Gasteiger charge is -2.26. The summed E-state index contributed by atoms with van der Waals surface area (Å²) in [6, 6.07) is 0. The zero-order valence-corrected chi connectivity index (χ0v) is 9.61. The standard InChI is InChI=1S/C11H22OS/c1-2-3-8-12-9-11(10-13)6-4-5-7-11/h13H,2-10H2,1H3. The summed E-state index contributed by atoms with van der Waals surface area (Å²) in [6.45, 7) is 4.08. The first kappa shape index (κ1) is 11.4. The van der Waals surface area contributed by atoms with E-state index in [2.05, 4.69) is 19.6 Å². The molecule has 0 radical (unpaired) electrons. The zero-order chi connectivity index (χ0) is 9.57. The van der Waals surface area contributed by atoms with Crippen LogP contribution in [0.5, 0.6) is 0 Å². The van der Waals surface area contributed by atoms with Crippen LogP contribution in [0.15, 0.2) is 0 Å². The molecule has 0 bridgehead atoms. The Morgan fingerprint density at radius 1 is 1.31 bits per heavy atom. The molecule has 1 saturated carbocycles. The van der Waals surface area contributed by atoms with Gasteiger partial charge in [-0.25, -0.2) is 0 Å². The Morgan fingerprint density at radius 3 is 2.54 bits per heavy atom. The van der Waals surface area contributed by atoms with E-state index in [0.29, 0.717) is 5.41 Å². The van der Waals surface area contributed by atoms with Gasteiger partial charge in [0.1, 0.15) is 0 Å². The second-order valence-corrected chi connectivity index (χ2v) is 4.59. The van der Waals surface area contributed by atoms with Gasteiger partial charge in [-0.05, 0) is 25.0 Å². The molecule has 0 aromatic heterocycles. The Morgan fingerprint density at radius 2 is 2.00 bits per heavy atom. The van der Waals surface area contributed by atoms with E-state index in [1.165, 1.54) is 38.5 Å². The van der Waals surface area contributed by atoms with Crippen LogP contribution in [-0.4, -0.2) is 19.0 Å². The third-order valence-corrected chi connectivity index (χ3v) is 3.72. The lowest BCUT2D eigenvalue weighted by atomic mass is 9.90. The molecule has 1 aliphatic rings. The van der Waals surface area contributed by atoms with Crippen LogP contribution in [-0.2, 0) is 4.74 Å². The molecule has 0 aromatic rings. The second kappa shape index (κ2) is 5.92. The van der Waals surface area contributed by atoms with Crippen molar-refractivity contribution in [3.8, 4) is 0 Å². The average molecular weight is 202 g/mol. The second-order valence-electron chi connectivity index (χ2n) is 4.27. The van der Waals surface area contributed by atoms with Crippen LogP contribution < -0.4 is 0 Å². The SMILES string of the molecule is CCCCOCC1(CS)CCCC1. The van der Waals surface area contributed by atoms with Gasteiger partial charge in [-0.3, -0.25) is 0 Å². The third-order valence-electron chi connectivity index (χ3n) is 3.05. The van der Waals surface area contributed by atoms with Gasteiger partial charge >= 0.3 is 0 Å². The summed E-state index contributed by atoms with van der Waals surface area (Å²) >= 11 is 4.45. The smallest absolute Gasteiger partial charge is 0.0530 e. The van der Waals surface area contributed by atoms with E-state index in [1.807, 2.05) is 0 Å². The highest BCUT2D eigenvalue weighted by molar-refractivity contribution is 7.80. The maximum absolute atomic E-state index is 5.70. The molecule has 0 N–H and O–H groups in total. The molecule has 2 heteroatoms. The molecule has 0 unspecified atom stereocenters. The minimum Gasteiger partial charge on any atom is -0.381 e. The van der Waals surface area contributed by atoms with Crippen LogP contribution in [0.2, 0.25) is 0 Å². The van der Waals surface area contributed by atoms with Gasteiger partial charge in [0.05, 0.1) is 6.61 Å². The Hall–Kier alpha value is 0.310. The van der Waals surface area contributed by atoms with E-state index >= 15 is 0 Å². The van der Waals surface area contributed by atoms with Crippen molar-refractivity contribution in [1.82, 2.24) is 0 Å². The highest BCUT2D eigenvalue weighted by atomic mass is 32.1. The summed E-state index contributed by atoms with van der Waals surface area (Å²) in [6.07, 6.45) is 7.82. The van der Waals surface area contributed by atoms with Crippen LogP contribution in [0, 0.1) is 5.41 Å². The van der Waals surface area contributed by atoms with Crippen molar-refractivity contribution in [3.05, 3.63) is 0 Å². The van der Waals surface area contributed by atoms with Gasteiger partial charge < -0.3 is 4.74 Å². The Labute approximate surface area is 87.7 Å². The first-order valence-electron chi connectivity index (χ1n) is 5.51. The topological polar surface area (TPSA) is 9.23 Å². The minimum absolute atomic E-state index is 0.427. The third kappa shape index (κ3) is 3.51. The monoisotopic (exact) mass is 202 g/mol. The van der Waals surface area contributed by atoms with E-state index in [0.717, 1.165) is 19.0 Å². The first-order valence-corrected chi connectivity index (χ1v) is 6.15. The van der Waals surface area contributed by atoms with Crippen LogP contribution in [0.4, 0.5) is 0 Å². The molecule has 0 spiro atoms. The van der Waals surface area contributed by atoms with Crippen LogP contribution in [0.25, 0.3) is 0 Å². The average Bonchev–Trinajstić information content (AvgIpc) is 2.62. The fourth-order valence-corrected chi connectivity index (χ4v) is 2.42. The number of hydrogen-bond donors (Lipinski definition) is 1.